The summed E-state index contributed by atoms with van der Waals surface area (Å²) in [7, 11) is -3.78. The summed E-state index contributed by atoms with van der Waals surface area (Å²) in [5.41, 5.74) is 4.67. The van der Waals surface area contributed by atoms with Gasteiger partial charge in [0.2, 0.25) is 0 Å². The first-order valence-corrected chi connectivity index (χ1v) is 12.6. The summed E-state index contributed by atoms with van der Waals surface area (Å²) < 4.78 is 33.0. The fourth-order valence-corrected chi connectivity index (χ4v) is 4.82. The smallest absolute Gasteiger partial charge is 0.271 e. The van der Waals surface area contributed by atoms with Crippen LogP contribution in [-0.4, -0.2) is 37.3 Å². The minimum atomic E-state index is -3.78. The number of carbonyl (C=O) groups excluding carboxylic acids is 1. The summed E-state index contributed by atoms with van der Waals surface area (Å²) in [6.07, 6.45) is 3.13. The first kappa shape index (κ1) is 23.2. The van der Waals surface area contributed by atoms with Gasteiger partial charge in [-0.15, -0.1) is 11.3 Å². The number of thiophene rings is 1. The molecule has 3 N–H and O–H groups in total. The molecule has 0 fully saturated rings. The Morgan fingerprint density at radius 1 is 1.15 bits per heavy atom. The number of nitrogens with one attached hydrogen (secondary N) is 3. The number of benzene rings is 2. The summed E-state index contributed by atoms with van der Waals surface area (Å²) in [4.78, 5) is 13.5. The van der Waals surface area contributed by atoms with Crippen LogP contribution in [0.15, 0.2) is 82.2 Å². The van der Waals surface area contributed by atoms with Crippen molar-refractivity contribution in [2.75, 3.05) is 11.3 Å². The van der Waals surface area contributed by atoms with Gasteiger partial charge in [0.1, 0.15) is 5.75 Å². The second-order valence-corrected chi connectivity index (χ2v) is 9.59. The predicted octanol–water partition coefficient (Wildman–Crippen LogP) is 4.10. The number of anilines is 1. The maximum absolute atomic E-state index is 12.6. The monoisotopic (exact) mass is 495 g/mol. The summed E-state index contributed by atoms with van der Waals surface area (Å²) in [5, 5.41) is 12.9. The average molecular weight is 496 g/mol. The molecular formula is C23H21N5O4S2. The molecule has 0 aliphatic rings. The Balaban J connectivity index is 1.37. The Kier molecular flexibility index (Phi) is 7.04. The van der Waals surface area contributed by atoms with Gasteiger partial charge < -0.3 is 4.74 Å². The highest BCUT2D eigenvalue weighted by Crippen LogP contribution is 2.24. The summed E-state index contributed by atoms with van der Waals surface area (Å²) in [6.45, 7) is 2.35. The molecule has 0 saturated heterocycles. The van der Waals surface area contributed by atoms with Gasteiger partial charge in [-0.3, -0.25) is 14.6 Å². The number of hydrogen-bond donors (Lipinski definition) is 3. The Bertz CT molecular complexity index is 1380. The molecule has 0 spiro atoms. The van der Waals surface area contributed by atoms with Gasteiger partial charge in [-0.25, -0.2) is 13.8 Å². The van der Waals surface area contributed by atoms with Crippen molar-refractivity contribution in [3.8, 4) is 16.3 Å². The minimum absolute atomic E-state index is 0.105. The van der Waals surface area contributed by atoms with Crippen molar-refractivity contribution in [2.45, 2.75) is 11.8 Å². The van der Waals surface area contributed by atoms with Gasteiger partial charge in [0.15, 0.2) is 0 Å². The van der Waals surface area contributed by atoms with Crippen molar-refractivity contribution in [3.05, 3.63) is 83.4 Å². The lowest BCUT2D eigenvalue weighted by molar-refractivity contribution is 0.0955. The van der Waals surface area contributed by atoms with E-state index in [1.54, 1.807) is 29.7 Å². The van der Waals surface area contributed by atoms with E-state index in [1.165, 1.54) is 42.6 Å². The molecule has 4 aromatic rings. The largest absolute Gasteiger partial charge is 0.494 e. The molecule has 0 saturated carbocycles. The summed E-state index contributed by atoms with van der Waals surface area (Å²) in [5.74, 6) is 0.160. The second kappa shape index (κ2) is 10.3. The van der Waals surface area contributed by atoms with Crippen molar-refractivity contribution >= 4 is 39.2 Å². The van der Waals surface area contributed by atoms with Crippen LogP contribution in [0.1, 0.15) is 22.8 Å². The first-order chi connectivity index (χ1) is 16.5. The lowest BCUT2D eigenvalue weighted by Crippen LogP contribution is -2.18. The molecule has 2 aromatic carbocycles. The number of H-pyrrole nitrogens is 1. The van der Waals surface area contributed by atoms with E-state index < -0.39 is 15.9 Å². The highest BCUT2D eigenvalue weighted by atomic mass is 32.2. The number of sulfonamides is 1. The second-order valence-electron chi connectivity index (χ2n) is 6.96. The van der Waals surface area contributed by atoms with Gasteiger partial charge in [-0.05, 0) is 66.9 Å². The summed E-state index contributed by atoms with van der Waals surface area (Å²) >= 11 is 1.56. The number of amides is 1. The normalized spacial score (nSPS) is 11.4. The molecule has 9 nitrogen and oxygen atoms in total. The fraction of sp³-hybridized carbons (Fsp3) is 0.0870. The zero-order chi connectivity index (χ0) is 24.0. The maximum atomic E-state index is 12.6. The van der Waals surface area contributed by atoms with Crippen LogP contribution in [0.2, 0.25) is 0 Å². The number of hydrazone groups is 1. The van der Waals surface area contributed by atoms with Crippen LogP contribution in [0.4, 0.5) is 5.69 Å². The highest BCUT2D eigenvalue weighted by molar-refractivity contribution is 7.92. The van der Waals surface area contributed by atoms with E-state index in [0.29, 0.717) is 23.6 Å². The molecule has 34 heavy (non-hydrogen) atoms. The van der Waals surface area contributed by atoms with E-state index in [4.69, 9.17) is 4.74 Å². The minimum Gasteiger partial charge on any atom is -0.494 e. The molecule has 4 rings (SSSR count). The number of aromatic nitrogens is 2. The third-order valence-corrected chi connectivity index (χ3v) is 6.93. The number of carbonyl (C=O) groups is 1. The van der Waals surface area contributed by atoms with Crippen LogP contribution in [0.3, 0.4) is 0 Å². The molecular weight excluding hydrogens is 474 g/mol. The van der Waals surface area contributed by atoms with Crippen LogP contribution in [0.25, 0.3) is 10.6 Å². The molecule has 0 aliphatic carbocycles. The molecule has 0 unspecified atom stereocenters. The van der Waals surface area contributed by atoms with E-state index >= 15 is 0 Å². The van der Waals surface area contributed by atoms with E-state index in [0.717, 1.165) is 16.1 Å². The predicted molar refractivity (Wildman–Crippen MR) is 132 cm³/mol. The molecule has 0 bridgehead atoms. The molecule has 1 amide bonds. The molecule has 0 atom stereocenters. The van der Waals surface area contributed by atoms with Crippen molar-refractivity contribution in [3.63, 3.8) is 0 Å². The average Bonchev–Trinajstić information content (AvgIpc) is 3.52. The Morgan fingerprint density at radius 3 is 2.59 bits per heavy atom. The van der Waals surface area contributed by atoms with E-state index in [9.17, 15) is 13.2 Å². The molecule has 11 heteroatoms. The van der Waals surface area contributed by atoms with Crippen molar-refractivity contribution < 1.29 is 17.9 Å². The third kappa shape index (κ3) is 5.50. The van der Waals surface area contributed by atoms with Gasteiger partial charge in [-0.1, -0.05) is 6.07 Å². The SMILES string of the molecule is CCOc1ccc(S(=O)(=O)Nc2ccc(C(=O)N/N=C/c3cn[nH]c3-c3cccs3)cc2)cc1. The molecule has 2 aromatic heterocycles. The standard InChI is InChI=1S/C23H21N5O4S2/c1-2-32-19-9-11-20(12-10-19)34(30,31)28-18-7-5-16(6-8-18)23(29)27-25-15-17-14-24-26-22(17)21-4-3-13-33-21/h3-15,28H,2H2,1H3,(H,24,26)(H,27,29)/b25-15+. The maximum Gasteiger partial charge on any atom is 0.271 e. The van der Waals surface area contributed by atoms with Crippen LogP contribution >= 0.6 is 11.3 Å². The number of rotatable bonds is 9. The van der Waals surface area contributed by atoms with Gasteiger partial charge in [0, 0.05) is 16.8 Å². The molecule has 0 radical (unpaired) electrons. The lowest BCUT2D eigenvalue weighted by Gasteiger charge is -2.09. The summed E-state index contributed by atoms with van der Waals surface area (Å²) in [6, 6.07) is 16.1. The van der Waals surface area contributed by atoms with Crippen LogP contribution in [0.5, 0.6) is 5.75 Å². The Hall–Kier alpha value is -3.96. The van der Waals surface area contributed by atoms with Crippen molar-refractivity contribution in [1.29, 1.82) is 0 Å². The lowest BCUT2D eigenvalue weighted by atomic mass is 10.2. The molecule has 174 valence electrons. The van der Waals surface area contributed by atoms with Crippen LogP contribution in [0, 0.1) is 0 Å². The fourth-order valence-electron chi connectivity index (χ4n) is 3.02. The van der Waals surface area contributed by atoms with E-state index in [1.807, 2.05) is 24.4 Å². The third-order valence-electron chi connectivity index (χ3n) is 4.65. The van der Waals surface area contributed by atoms with E-state index in [-0.39, 0.29) is 4.90 Å². The number of nitrogens with zero attached hydrogens (tertiary/aromatic N) is 2. The zero-order valence-corrected chi connectivity index (χ0v) is 19.7. The van der Waals surface area contributed by atoms with Crippen molar-refractivity contribution in [1.82, 2.24) is 15.6 Å². The number of ether oxygens (including phenoxy) is 1. The Morgan fingerprint density at radius 2 is 1.91 bits per heavy atom. The van der Waals surface area contributed by atoms with Crippen LogP contribution in [-0.2, 0) is 10.0 Å². The topological polar surface area (TPSA) is 126 Å². The molecule has 2 heterocycles. The quantitative estimate of drug-likeness (QED) is 0.238. The molecule has 0 aliphatic heterocycles. The van der Waals surface area contributed by atoms with Gasteiger partial charge in [0.25, 0.3) is 15.9 Å². The van der Waals surface area contributed by atoms with Gasteiger partial charge in [0.05, 0.1) is 34.5 Å². The zero-order valence-electron chi connectivity index (χ0n) is 18.1. The van der Waals surface area contributed by atoms with Gasteiger partial charge in [-0.2, -0.15) is 10.2 Å². The van der Waals surface area contributed by atoms with E-state index in [2.05, 4.69) is 25.4 Å². The Labute approximate surface area is 200 Å². The van der Waals surface area contributed by atoms with Crippen molar-refractivity contribution in [2.24, 2.45) is 5.10 Å². The van der Waals surface area contributed by atoms with Crippen LogP contribution < -0.4 is 14.9 Å². The number of hydrogen-bond acceptors (Lipinski definition) is 7. The first-order valence-electron chi connectivity index (χ1n) is 10.2. The number of aromatic amines is 1. The highest BCUT2D eigenvalue weighted by Gasteiger charge is 2.15. The van der Waals surface area contributed by atoms with Gasteiger partial charge >= 0.3 is 0 Å².